The van der Waals surface area contributed by atoms with E-state index in [1.54, 1.807) is 0 Å². The molecule has 5 heteroatoms. The molecule has 0 aromatic heterocycles. The van der Waals surface area contributed by atoms with Crippen molar-refractivity contribution in [3.05, 3.63) is 66.0 Å². The first-order valence-corrected chi connectivity index (χ1v) is 9.46. The first-order valence-electron chi connectivity index (χ1n) is 9.46. The Bertz CT molecular complexity index is 777. The summed E-state index contributed by atoms with van der Waals surface area (Å²) in [5.41, 5.74) is 1.31. The van der Waals surface area contributed by atoms with E-state index in [-0.39, 0.29) is 29.5 Å². The zero-order valence-electron chi connectivity index (χ0n) is 15.5. The molecular weight excluding hydrogens is 343 g/mol. The molecule has 1 fully saturated rings. The second kappa shape index (κ2) is 8.80. The number of nitrogens with one attached hydrogen (secondary N) is 1. The van der Waals surface area contributed by atoms with Crippen LogP contribution in [0.3, 0.4) is 0 Å². The fraction of sp³-hybridized carbons (Fsp3) is 0.364. The topological polar surface area (TPSA) is 49.4 Å². The Morgan fingerprint density at radius 1 is 1.07 bits per heavy atom. The van der Waals surface area contributed by atoms with Gasteiger partial charge in [0.05, 0.1) is 0 Å². The molecule has 2 amide bonds. The van der Waals surface area contributed by atoms with Gasteiger partial charge in [0.15, 0.2) is 0 Å². The van der Waals surface area contributed by atoms with E-state index in [1.165, 1.54) is 24.3 Å². The lowest BCUT2D eigenvalue weighted by Gasteiger charge is -2.38. The van der Waals surface area contributed by atoms with Crippen LogP contribution < -0.4 is 5.32 Å². The van der Waals surface area contributed by atoms with Crippen molar-refractivity contribution in [2.24, 2.45) is 11.8 Å². The number of amides is 2. The molecule has 1 saturated heterocycles. The Morgan fingerprint density at radius 2 is 1.78 bits per heavy atom. The molecule has 0 spiro atoms. The average Bonchev–Trinajstić information content (AvgIpc) is 2.69. The number of halogens is 1. The monoisotopic (exact) mass is 368 g/mol. The maximum absolute atomic E-state index is 13.1. The van der Waals surface area contributed by atoms with E-state index in [4.69, 9.17) is 0 Å². The molecule has 142 valence electrons. The van der Waals surface area contributed by atoms with Crippen LogP contribution in [0.15, 0.2) is 54.6 Å². The third-order valence-electron chi connectivity index (χ3n) is 5.30. The average molecular weight is 368 g/mol. The van der Waals surface area contributed by atoms with Crippen molar-refractivity contribution in [1.82, 2.24) is 4.90 Å². The molecule has 2 atom stereocenters. The molecule has 2 aromatic rings. The van der Waals surface area contributed by atoms with Crippen molar-refractivity contribution >= 4 is 17.5 Å². The van der Waals surface area contributed by atoms with Crippen LogP contribution in [0.5, 0.6) is 0 Å². The van der Waals surface area contributed by atoms with Crippen molar-refractivity contribution in [2.75, 3.05) is 18.4 Å². The van der Waals surface area contributed by atoms with Crippen LogP contribution in [0.4, 0.5) is 10.1 Å². The van der Waals surface area contributed by atoms with Gasteiger partial charge in [0.1, 0.15) is 5.82 Å². The molecule has 27 heavy (non-hydrogen) atoms. The number of rotatable bonds is 5. The standard InChI is InChI=1S/C22H25FN2O2/c1-2-16-15-25(22(27)17-8-10-19(23)11-9-17)13-12-18(16)14-21(26)24-20-6-4-3-5-7-20/h3-11,16,18H,2,12-15H2,1H3,(H,24,26)/t16-,18-/m0/s1. The number of carbonyl (C=O) groups is 2. The molecule has 0 radical (unpaired) electrons. The van der Waals surface area contributed by atoms with Gasteiger partial charge in [0.2, 0.25) is 5.91 Å². The fourth-order valence-corrected chi connectivity index (χ4v) is 3.74. The van der Waals surface area contributed by atoms with Crippen LogP contribution in [-0.4, -0.2) is 29.8 Å². The number of hydrogen-bond acceptors (Lipinski definition) is 2. The highest BCUT2D eigenvalue weighted by atomic mass is 19.1. The fourth-order valence-electron chi connectivity index (χ4n) is 3.74. The summed E-state index contributed by atoms with van der Waals surface area (Å²) < 4.78 is 13.1. The van der Waals surface area contributed by atoms with E-state index < -0.39 is 0 Å². The van der Waals surface area contributed by atoms with Gasteiger partial charge in [-0.15, -0.1) is 0 Å². The number of benzene rings is 2. The highest BCUT2D eigenvalue weighted by Crippen LogP contribution is 2.30. The first kappa shape index (κ1) is 19.1. The van der Waals surface area contributed by atoms with Crippen molar-refractivity contribution in [2.45, 2.75) is 26.2 Å². The van der Waals surface area contributed by atoms with Crippen molar-refractivity contribution in [1.29, 1.82) is 0 Å². The Labute approximate surface area is 159 Å². The van der Waals surface area contributed by atoms with Crippen LogP contribution in [0.25, 0.3) is 0 Å². The molecule has 0 unspecified atom stereocenters. The summed E-state index contributed by atoms with van der Waals surface area (Å²) in [6, 6.07) is 15.1. The lowest BCUT2D eigenvalue weighted by atomic mass is 9.81. The predicted octanol–water partition coefficient (Wildman–Crippen LogP) is 4.34. The van der Waals surface area contributed by atoms with Gasteiger partial charge in [0.25, 0.3) is 5.91 Å². The number of piperidine rings is 1. The molecular formula is C22H25FN2O2. The molecule has 3 rings (SSSR count). The number of carbonyl (C=O) groups excluding carboxylic acids is 2. The lowest BCUT2D eigenvalue weighted by molar-refractivity contribution is -0.117. The maximum Gasteiger partial charge on any atom is 0.253 e. The molecule has 1 aliphatic rings. The third-order valence-corrected chi connectivity index (χ3v) is 5.30. The van der Waals surface area contributed by atoms with Gasteiger partial charge in [-0.2, -0.15) is 0 Å². The van der Waals surface area contributed by atoms with Gasteiger partial charge in [-0.25, -0.2) is 4.39 Å². The molecule has 1 N–H and O–H groups in total. The van der Waals surface area contributed by atoms with Crippen LogP contribution >= 0.6 is 0 Å². The van der Waals surface area contributed by atoms with E-state index in [0.717, 1.165) is 18.5 Å². The van der Waals surface area contributed by atoms with Gasteiger partial charge < -0.3 is 10.2 Å². The van der Waals surface area contributed by atoms with E-state index in [9.17, 15) is 14.0 Å². The van der Waals surface area contributed by atoms with Gasteiger partial charge >= 0.3 is 0 Å². The summed E-state index contributed by atoms with van der Waals surface area (Å²) in [5, 5.41) is 2.94. The van der Waals surface area contributed by atoms with Crippen molar-refractivity contribution in [3.8, 4) is 0 Å². The first-order chi connectivity index (χ1) is 13.1. The van der Waals surface area contributed by atoms with Crippen LogP contribution in [0.1, 0.15) is 36.5 Å². The normalized spacial score (nSPS) is 19.6. The molecule has 1 heterocycles. The second-order valence-electron chi connectivity index (χ2n) is 7.09. The number of hydrogen-bond donors (Lipinski definition) is 1. The summed E-state index contributed by atoms with van der Waals surface area (Å²) in [6.07, 6.45) is 2.18. The van der Waals surface area contributed by atoms with Crippen LogP contribution in [0.2, 0.25) is 0 Å². The Morgan fingerprint density at radius 3 is 2.44 bits per heavy atom. The summed E-state index contributed by atoms with van der Waals surface area (Å²) in [6.45, 7) is 3.35. The molecule has 0 saturated carbocycles. The summed E-state index contributed by atoms with van der Waals surface area (Å²) in [4.78, 5) is 26.9. The molecule has 4 nitrogen and oxygen atoms in total. The highest BCUT2D eigenvalue weighted by molar-refractivity contribution is 5.94. The maximum atomic E-state index is 13.1. The van der Waals surface area contributed by atoms with Gasteiger partial charge in [-0.1, -0.05) is 31.5 Å². The van der Waals surface area contributed by atoms with Crippen LogP contribution in [0, 0.1) is 17.7 Å². The third kappa shape index (κ3) is 4.94. The summed E-state index contributed by atoms with van der Waals surface area (Å²) in [7, 11) is 0. The van der Waals surface area contributed by atoms with E-state index in [0.29, 0.717) is 25.1 Å². The number of likely N-dealkylation sites (tertiary alicyclic amines) is 1. The zero-order valence-corrected chi connectivity index (χ0v) is 15.5. The molecule has 2 aromatic carbocycles. The molecule has 0 aliphatic carbocycles. The van der Waals surface area contributed by atoms with Gasteiger partial charge in [-0.05, 0) is 54.7 Å². The Balaban J connectivity index is 1.58. The van der Waals surface area contributed by atoms with Crippen molar-refractivity contribution in [3.63, 3.8) is 0 Å². The number of anilines is 1. The minimum atomic E-state index is -0.346. The zero-order chi connectivity index (χ0) is 19.2. The van der Waals surface area contributed by atoms with E-state index >= 15 is 0 Å². The Hall–Kier alpha value is -2.69. The van der Waals surface area contributed by atoms with Crippen molar-refractivity contribution < 1.29 is 14.0 Å². The molecule has 0 bridgehead atoms. The number of nitrogens with zero attached hydrogens (tertiary/aromatic N) is 1. The van der Waals surface area contributed by atoms with Gasteiger partial charge in [-0.3, -0.25) is 9.59 Å². The summed E-state index contributed by atoms with van der Waals surface area (Å²) >= 11 is 0. The highest BCUT2D eigenvalue weighted by Gasteiger charge is 2.32. The minimum absolute atomic E-state index is 0.0166. The minimum Gasteiger partial charge on any atom is -0.338 e. The van der Waals surface area contributed by atoms with Gasteiger partial charge in [0, 0.05) is 30.8 Å². The quantitative estimate of drug-likeness (QED) is 0.853. The van der Waals surface area contributed by atoms with E-state index in [2.05, 4.69) is 12.2 Å². The predicted molar refractivity (Wildman–Crippen MR) is 104 cm³/mol. The smallest absolute Gasteiger partial charge is 0.253 e. The largest absolute Gasteiger partial charge is 0.338 e. The number of para-hydroxylation sites is 1. The lowest BCUT2D eigenvalue weighted by Crippen LogP contribution is -2.44. The SMILES string of the molecule is CC[C@H]1CN(C(=O)c2ccc(F)cc2)CC[C@H]1CC(=O)Nc1ccccc1. The molecule has 1 aliphatic heterocycles. The summed E-state index contributed by atoms with van der Waals surface area (Å²) in [5.74, 6) is 0.144. The van der Waals surface area contributed by atoms with Crippen LogP contribution in [-0.2, 0) is 4.79 Å². The van der Waals surface area contributed by atoms with E-state index in [1.807, 2.05) is 35.2 Å². The Kier molecular flexibility index (Phi) is 6.22. The second-order valence-corrected chi connectivity index (χ2v) is 7.09.